The number of hydrazone groups is 1. The van der Waals surface area contributed by atoms with Crippen LogP contribution in [0.2, 0.25) is 0 Å². The van der Waals surface area contributed by atoms with Crippen LogP contribution in [0.1, 0.15) is 29.3 Å². The Morgan fingerprint density at radius 2 is 1.67 bits per heavy atom. The molecule has 6 rings (SSSR count). The second-order valence-electron chi connectivity index (χ2n) is 9.68. The molecule has 0 fully saturated rings. The molecular weight excluding hydrogens is 575 g/mol. The predicted molar refractivity (Wildman–Crippen MR) is 162 cm³/mol. The predicted octanol–water partition coefficient (Wildman–Crippen LogP) is 5.51. The minimum Gasteiger partial charge on any atom is -0.497 e. The molecule has 214 valence electrons. The number of hydrogen-bond donors (Lipinski definition) is 0. The fourth-order valence-corrected chi connectivity index (χ4v) is 6.89. The smallest absolute Gasteiger partial charge is 0.272 e. The van der Waals surface area contributed by atoms with Gasteiger partial charge in [-0.2, -0.15) is 5.10 Å². The van der Waals surface area contributed by atoms with Crippen molar-refractivity contribution in [3.8, 4) is 17.2 Å². The van der Waals surface area contributed by atoms with E-state index in [9.17, 15) is 14.0 Å². The Hall–Kier alpha value is -4.09. The summed E-state index contributed by atoms with van der Waals surface area (Å²) in [6, 6.07) is 20.6. The molecule has 1 aromatic heterocycles. The Kier molecular flexibility index (Phi) is 8.03. The molecule has 4 aromatic rings. The number of amides is 1. The van der Waals surface area contributed by atoms with Crippen molar-refractivity contribution in [2.45, 2.75) is 28.9 Å². The average Bonchev–Trinajstić information content (AvgIpc) is 3.69. The van der Waals surface area contributed by atoms with Gasteiger partial charge in [-0.05, 0) is 71.8 Å². The molecule has 1 atom stereocenters. The summed E-state index contributed by atoms with van der Waals surface area (Å²) in [6.07, 6.45) is 1.21. The minimum absolute atomic E-state index is 0.00557. The fourth-order valence-electron chi connectivity index (χ4n) is 4.98. The molecule has 42 heavy (non-hydrogen) atoms. The van der Waals surface area contributed by atoms with E-state index in [1.54, 1.807) is 26.4 Å². The average molecular weight is 603 g/mol. The summed E-state index contributed by atoms with van der Waals surface area (Å²) in [7, 11) is 3.23. The zero-order chi connectivity index (χ0) is 29.2. The van der Waals surface area contributed by atoms with E-state index in [4.69, 9.17) is 19.6 Å². The van der Waals surface area contributed by atoms with Crippen LogP contribution < -0.4 is 15.0 Å². The van der Waals surface area contributed by atoms with Crippen LogP contribution in [0, 0.1) is 5.82 Å². The molecule has 1 unspecified atom stereocenters. The van der Waals surface area contributed by atoms with Crippen molar-refractivity contribution in [1.82, 2.24) is 14.6 Å². The monoisotopic (exact) mass is 602 g/mol. The minimum atomic E-state index is -0.399. The van der Waals surface area contributed by atoms with Crippen molar-refractivity contribution in [3.63, 3.8) is 0 Å². The van der Waals surface area contributed by atoms with Gasteiger partial charge in [-0.25, -0.2) is 14.4 Å². The molecule has 1 amide bonds. The molecule has 2 aliphatic heterocycles. The lowest BCUT2D eigenvalue weighted by Crippen LogP contribution is -2.29. The van der Waals surface area contributed by atoms with Crippen LogP contribution in [-0.4, -0.2) is 51.9 Å². The van der Waals surface area contributed by atoms with Crippen LogP contribution in [0.4, 0.5) is 4.39 Å². The number of fused-ring (bicyclic) bond motifs is 1. The molecule has 0 bridgehead atoms. The van der Waals surface area contributed by atoms with Gasteiger partial charge in [0.15, 0.2) is 5.16 Å². The number of benzene rings is 3. The van der Waals surface area contributed by atoms with Gasteiger partial charge in [-0.3, -0.25) is 14.2 Å². The topological polar surface area (TPSA) is 86.0 Å². The van der Waals surface area contributed by atoms with E-state index >= 15 is 0 Å². The Morgan fingerprint density at radius 1 is 1.00 bits per heavy atom. The number of hydrogen-bond acceptors (Lipinski definition) is 8. The number of carbonyl (C=O) groups is 1. The van der Waals surface area contributed by atoms with Gasteiger partial charge in [-0.15, -0.1) is 11.8 Å². The summed E-state index contributed by atoms with van der Waals surface area (Å²) in [5.41, 5.74) is 3.64. The Labute approximate surface area is 250 Å². The molecule has 0 spiro atoms. The Balaban J connectivity index is 1.31. The first-order chi connectivity index (χ1) is 20.4. The van der Waals surface area contributed by atoms with Crippen LogP contribution in [-0.2, 0) is 11.2 Å². The highest BCUT2D eigenvalue weighted by Crippen LogP contribution is 2.35. The second kappa shape index (κ2) is 12.0. The Morgan fingerprint density at radius 3 is 2.33 bits per heavy atom. The maximum Gasteiger partial charge on any atom is 0.272 e. The number of rotatable bonds is 8. The van der Waals surface area contributed by atoms with Crippen molar-refractivity contribution in [2.75, 3.05) is 25.7 Å². The summed E-state index contributed by atoms with van der Waals surface area (Å²) in [4.78, 5) is 32.6. The number of ether oxygens (including phenoxy) is 2. The van der Waals surface area contributed by atoms with Crippen LogP contribution in [0.15, 0.2) is 92.7 Å². The molecule has 0 radical (unpaired) electrons. The second-order valence-corrected chi connectivity index (χ2v) is 11.7. The normalized spacial score (nSPS) is 15.8. The largest absolute Gasteiger partial charge is 0.497 e. The number of thioether (sulfide) groups is 2. The summed E-state index contributed by atoms with van der Waals surface area (Å²) < 4.78 is 25.7. The van der Waals surface area contributed by atoms with E-state index in [0.29, 0.717) is 28.6 Å². The number of halogens is 1. The van der Waals surface area contributed by atoms with E-state index in [2.05, 4.69) is 0 Å². The highest BCUT2D eigenvalue weighted by molar-refractivity contribution is 8.00. The molecule has 3 aromatic carbocycles. The third kappa shape index (κ3) is 5.54. The van der Waals surface area contributed by atoms with Crippen molar-refractivity contribution >= 4 is 35.1 Å². The zero-order valence-electron chi connectivity index (χ0n) is 23.0. The van der Waals surface area contributed by atoms with Crippen molar-refractivity contribution in [1.29, 1.82) is 0 Å². The molecule has 0 N–H and O–H groups in total. The van der Waals surface area contributed by atoms with Crippen LogP contribution in [0.3, 0.4) is 0 Å². The van der Waals surface area contributed by atoms with Crippen LogP contribution in [0.25, 0.3) is 5.69 Å². The number of carbonyl (C=O) groups excluding carboxylic acids is 1. The number of aryl methyl sites for hydroxylation is 1. The van der Waals surface area contributed by atoms with E-state index in [-0.39, 0.29) is 23.3 Å². The van der Waals surface area contributed by atoms with Gasteiger partial charge in [0.05, 0.1) is 48.0 Å². The first kappa shape index (κ1) is 28.0. The molecular formula is C31H27FN4O4S2. The molecule has 0 saturated carbocycles. The molecule has 2 aliphatic rings. The lowest BCUT2D eigenvalue weighted by Gasteiger charge is -2.22. The SMILES string of the molecule is COc1ccc(C2=NN(C(=O)CSc3nc4c(c(=O)n3-c3ccc(F)cc3)SCC4)C(c3ccc(OC)cc3)C2)cc1. The van der Waals surface area contributed by atoms with Crippen LogP contribution in [0.5, 0.6) is 11.5 Å². The molecule has 8 nitrogen and oxygen atoms in total. The van der Waals surface area contributed by atoms with Crippen LogP contribution >= 0.6 is 23.5 Å². The van der Waals surface area contributed by atoms with E-state index < -0.39 is 5.82 Å². The summed E-state index contributed by atoms with van der Waals surface area (Å²) in [6.45, 7) is 0. The van der Waals surface area contributed by atoms with Crippen molar-refractivity contribution in [3.05, 3.63) is 106 Å². The summed E-state index contributed by atoms with van der Waals surface area (Å²) in [5.74, 6) is 1.62. The van der Waals surface area contributed by atoms with Gasteiger partial charge in [-0.1, -0.05) is 23.9 Å². The zero-order valence-corrected chi connectivity index (χ0v) is 24.6. The maximum absolute atomic E-state index is 13.8. The highest BCUT2D eigenvalue weighted by atomic mass is 32.2. The molecule has 3 heterocycles. The fraction of sp³-hybridized carbons (Fsp3) is 0.226. The highest BCUT2D eigenvalue weighted by Gasteiger charge is 2.33. The van der Waals surface area contributed by atoms with E-state index in [0.717, 1.165) is 39.8 Å². The van der Waals surface area contributed by atoms with E-state index in [1.807, 2.05) is 48.5 Å². The van der Waals surface area contributed by atoms with Gasteiger partial charge in [0.25, 0.3) is 11.5 Å². The maximum atomic E-state index is 13.8. The summed E-state index contributed by atoms with van der Waals surface area (Å²) >= 11 is 2.65. The Bertz CT molecular complexity index is 1710. The first-order valence-electron chi connectivity index (χ1n) is 13.3. The lowest BCUT2D eigenvalue weighted by atomic mass is 9.98. The van der Waals surface area contributed by atoms with Gasteiger partial charge >= 0.3 is 0 Å². The number of nitrogens with zero attached hydrogens (tertiary/aromatic N) is 4. The van der Waals surface area contributed by atoms with Crippen molar-refractivity contribution in [2.24, 2.45) is 5.10 Å². The van der Waals surface area contributed by atoms with Gasteiger partial charge < -0.3 is 9.47 Å². The third-order valence-electron chi connectivity index (χ3n) is 7.17. The molecule has 0 aliphatic carbocycles. The van der Waals surface area contributed by atoms with Crippen molar-refractivity contribution < 1.29 is 18.7 Å². The lowest BCUT2D eigenvalue weighted by molar-refractivity contribution is -0.130. The third-order valence-corrected chi connectivity index (χ3v) is 9.20. The molecule has 0 saturated heterocycles. The quantitative estimate of drug-likeness (QED) is 0.194. The van der Waals surface area contributed by atoms with E-state index in [1.165, 1.54) is 45.2 Å². The number of methoxy groups -OCH3 is 2. The van der Waals surface area contributed by atoms with Gasteiger partial charge in [0, 0.05) is 18.6 Å². The first-order valence-corrected chi connectivity index (χ1v) is 15.3. The summed E-state index contributed by atoms with van der Waals surface area (Å²) in [5, 5.41) is 6.69. The van der Waals surface area contributed by atoms with Gasteiger partial charge in [0.1, 0.15) is 17.3 Å². The standard InChI is InChI=1S/C31H27FN4O4S2/c1-39-23-11-3-19(4-12-23)26-17-27(20-5-13-24(40-2)14-6-20)36(34-26)28(37)18-42-31-33-25-15-16-41-29(25)30(38)35(31)22-9-7-21(32)8-10-22/h3-14,27H,15-18H2,1-2H3. The van der Waals surface area contributed by atoms with Gasteiger partial charge in [0.2, 0.25) is 0 Å². The molecule has 11 heteroatoms. The number of aromatic nitrogens is 2.